The molecule has 0 saturated heterocycles. The Morgan fingerprint density at radius 1 is 1.38 bits per heavy atom. The Labute approximate surface area is 138 Å². The Kier molecular flexibility index (Phi) is 5.36. The Morgan fingerprint density at radius 3 is 2.67 bits per heavy atom. The van der Waals surface area contributed by atoms with Crippen molar-refractivity contribution in [2.75, 3.05) is 6.61 Å². The maximum Gasteiger partial charge on any atom is 0.340 e. The van der Waals surface area contributed by atoms with Crippen molar-refractivity contribution in [3.05, 3.63) is 69.0 Å². The van der Waals surface area contributed by atoms with Crippen LogP contribution >= 0.6 is 0 Å². The Bertz CT molecular complexity index is 836. The summed E-state index contributed by atoms with van der Waals surface area (Å²) >= 11 is 0. The number of nitrogens with zero attached hydrogens (tertiary/aromatic N) is 3. The lowest BCUT2D eigenvalue weighted by Crippen LogP contribution is -2.08. The number of carbonyl (C=O) groups is 1. The minimum Gasteiger partial charge on any atom is -0.462 e. The number of esters is 1. The van der Waals surface area contributed by atoms with Crippen LogP contribution in [-0.4, -0.2) is 22.5 Å². The summed E-state index contributed by atoms with van der Waals surface area (Å²) in [6.45, 7) is 1.80. The van der Waals surface area contributed by atoms with Crippen molar-refractivity contribution in [3.8, 4) is 6.07 Å². The van der Waals surface area contributed by atoms with Crippen LogP contribution in [0.1, 0.15) is 34.1 Å². The third-order valence-corrected chi connectivity index (χ3v) is 3.08. The highest BCUT2D eigenvalue weighted by atomic mass is 16.6. The first-order valence-corrected chi connectivity index (χ1v) is 7.05. The molecule has 0 N–H and O–H groups in total. The molecule has 0 radical (unpaired) electrons. The predicted molar refractivity (Wildman–Crippen MR) is 86.9 cm³/mol. The van der Waals surface area contributed by atoms with Crippen molar-refractivity contribution < 1.29 is 14.5 Å². The van der Waals surface area contributed by atoms with Gasteiger partial charge in [-0.25, -0.2) is 9.78 Å². The van der Waals surface area contributed by atoms with Crippen LogP contribution in [0.4, 0.5) is 5.69 Å². The maximum absolute atomic E-state index is 12.0. The van der Waals surface area contributed by atoms with E-state index in [0.717, 1.165) is 17.8 Å². The van der Waals surface area contributed by atoms with Gasteiger partial charge in [-0.1, -0.05) is 18.2 Å². The molecule has 0 unspecified atom stereocenters. The number of carbonyl (C=O) groups excluding carboxylic acids is 1. The van der Waals surface area contributed by atoms with E-state index in [1.54, 1.807) is 43.3 Å². The molecule has 2 aromatic rings. The van der Waals surface area contributed by atoms with Gasteiger partial charge in [0.15, 0.2) is 0 Å². The van der Waals surface area contributed by atoms with Crippen LogP contribution in [0.15, 0.2) is 36.5 Å². The first kappa shape index (κ1) is 16.8. The molecule has 0 spiro atoms. The van der Waals surface area contributed by atoms with E-state index in [4.69, 9.17) is 10.00 Å². The van der Waals surface area contributed by atoms with Crippen molar-refractivity contribution in [1.29, 1.82) is 5.26 Å². The Balaban J connectivity index is 2.37. The van der Waals surface area contributed by atoms with E-state index >= 15 is 0 Å². The molecule has 0 aliphatic carbocycles. The second-order valence-electron chi connectivity index (χ2n) is 4.67. The largest absolute Gasteiger partial charge is 0.462 e. The number of nitro groups is 1. The highest BCUT2D eigenvalue weighted by Gasteiger charge is 2.17. The maximum atomic E-state index is 12.0. The molecule has 0 atom stereocenters. The SMILES string of the molecule is CCOC(=O)c1cc([N+](=O)[O-])cnc1/C=C/c1ccc(C#N)cc1. The number of nitriles is 1. The van der Waals surface area contributed by atoms with Crippen LogP contribution < -0.4 is 0 Å². The molecule has 0 aliphatic heterocycles. The zero-order valence-electron chi connectivity index (χ0n) is 12.8. The van der Waals surface area contributed by atoms with Gasteiger partial charge < -0.3 is 4.74 Å². The first-order chi connectivity index (χ1) is 11.5. The molecule has 24 heavy (non-hydrogen) atoms. The standard InChI is InChI=1S/C17H13N3O4/c1-2-24-17(21)15-9-14(20(22)23)11-19-16(15)8-7-12-3-5-13(10-18)6-4-12/h3-9,11H,2H2,1H3/b8-7+. The molecule has 120 valence electrons. The molecule has 1 aromatic heterocycles. The van der Waals surface area contributed by atoms with Crippen LogP contribution in [0.25, 0.3) is 12.2 Å². The van der Waals surface area contributed by atoms with Gasteiger partial charge >= 0.3 is 5.97 Å². The van der Waals surface area contributed by atoms with Crippen molar-refractivity contribution in [2.45, 2.75) is 6.92 Å². The second-order valence-corrected chi connectivity index (χ2v) is 4.67. The lowest BCUT2D eigenvalue weighted by Gasteiger charge is -2.05. The van der Waals surface area contributed by atoms with Crippen molar-refractivity contribution in [3.63, 3.8) is 0 Å². The van der Waals surface area contributed by atoms with Gasteiger partial charge in [0, 0.05) is 6.07 Å². The molecule has 1 heterocycles. The molecule has 0 saturated carbocycles. The fourth-order valence-corrected chi connectivity index (χ4v) is 1.91. The average Bonchev–Trinajstić information content (AvgIpc) is 2.60. The molecule has 0 fully saturated rings. The molecular weight excluding hydrogens is 310 g/mol. The van der Waals surface area contributed by atoms with Gasteiger partial charge in [0.1, 0.15) is 6.20 Å². The minimum absolute atomic E-state index is 0.0240. The molecule has 7 heteroatoms. The highest BCUT2D eigenvalue weighted by Crippen LogP contribution is 2.18. The summed E-state index contributed by atoms with van der Waals surface area (Å²) in [5.41, 5.74) is 1.34. The second kappa shape index (κ2) is 7.65. The zero-order valence-corrected chi connectivity index (χ0v) is 12.8. The van der Waals surface area contributed by atoms with E-state index in [2.05, 4.69) is 4.98 Å². The summed E-state index contributed by atoms with van der Waals surface area (Å²) in [5, 5.41) is 19.6. The topological polar surface area (TPSA) is 106 Å². The molecular formula is C17H13N3O4. The molecule has 1 aromatic carbocycles. The summed E-state index contributed by atoms with van der Waals surface area (Å²) in [6.07, 6.45) is 4.34. The van der Waals surface area contributed by atoms with E-state index in [1.807, 2.05) is 6.07 Å². The van der Waals surface area contributed by atoms with Crippen molar-refractivity contribution >= 4 is 23.8 Å². The fourth-order valence-electron chi connectivity index (χ4n) is 1.91. The van der Waals surface area contributed by atoms with E-state index in [0.29, 0.717) is 5.56 Å². The summed E-state index contributed by atoms with van der Waals surface area (Å²) < 4.78 is 4.91. The zero-order chi connectivity index (χ0) is 17.5. The molecule has 0 aliphatic rings. The summed E-state index contributed by atoms with van der Waals surface area (Å²) in [4.78, 5) is 26.2. The van der Waals surface area contributed by atoms with E-state index in [1.165, 1.54) is 0 Å². The van der Waals surface area contributed by atoms with Gasteiger partial charge in [0.25, 0.3) is 5.69 Å². The van der Waals surface area contributed by atoms with Gasteiger partial charge in [-0.3, -0.25) is 10.1 Å². The monoisotopic (exact) mass is 323 g/mol. The van der Waals surface area contributed by atoms with Crippen LogP contribution in [-0.2, 0) is 4.74 Å². The third kappa shape index (κ3) is 4.01. The van der Waals surface area contributed by atoms with Gasteiger partial charge in [-0.15, -0.1) is 0 Å². The lowest BCUT2D eigenvalue weighted by atomic mass is 10.1. The van der Waals surface area contributed by atoms with Crippen LogP contribution in [0.2, 0.25) is 0 Å². The number of hydrogen-bond donors (Lipinski definition) is 0. The molecule has 2 rings (SSSR count). The quantitative estimate of drug-likeness (QED) is 0.475. The molecule has 7 nitrogen and oxygen atoms in total. The van der Waals surface area contributed by atoms with Gasteiger partial charge in [-0.2, -0.15) is 5.26 Å². The summed E-state index contributed by atoms with van der Waals surface area (Å²) in [5.74, 6) is -0.673. The van der Waals surface area contributed by atoms with Crippen molar-refractivity contribution in [1.82, 2.24) is 4.98 Å². The smallest absolute Gasteiger partial charge is 0.340 e. The van der Waals surface area contributed by atoms with Crippen molar-refractivity contribution in [2.24, 2.45) is 0 Å². The highest BCUT2D eigenvalue weighted by molar-refractivity contribution is 5.94. The number of ether oxygens (including phenoxy) is 1. The summed E-state index contributed by atoms with van der Waals surface area (Å²) in [7, 11) is 0. The fraction of sp³-hybridized carbons (Fsp3) is 0.118. The first-order valence-electron chi connectivity index (χ1n) is 7.05. The predicted octanol–water partition coefficient (Wildman–Crippen LogP) is 3.21. The number of pyridine rings is 1. The van der Waals surface area contributed by atoms with E-state index in [9.17, 15) is 14.9 Å². The Hall–Kier alpha value is -3.53. The number of rotatable bonds is 5. The lowest BCUT2D eigenvalue weighted by molar-refractivity contribution is -0.385. The van der Waals surface area contributed by atoms with E-state index in [-0.39, 0.29) is 23.6 Å². The molecule has 0 bridgehead atoms. The van der Waals surface area contributed by atoms with Gasteiger partial charge in [-0.05, 0) is 30.7 Å². The summed E-state index contributed by atoms with van der Waals surface area (Å²) in [6, 6.07) is 9.97. The number of hydrogen-bond acceptors (Lipinski definition) is 6. The van der Waals surface area contributed by atoms with E-state index < -0.39 is 10.9 Å². The number of benzene rings is 1. The van der Waals surface area contributed by atoms with Gasteiger partial charge in [0.2, 0.25) is 0 Å². The molecule has 0 amide bonds. The Morgan fingerprint density at radius 2 is 2.08 bits per heavy atom. The van der Waals surface area contributed by atoms with Crippen LogP contribution in [0.3, 0.4) is 0 Å². The number of aromatic nitrogens is 1. The minimum atomic E-state index is -0.673. The average molecular weight is 323 g/mol. The van der Waals surface area contributed by atoms with Crippen LogP contribution in [0.5, 0.6) is 0 Å². The third-order valence-electron chi connectivity index (χ3n) is 3.08. The normalized spacial score (nSPS) is 10.3. The van der Waals surface area contributed by atoms with Crippen LogP contribution in [0, 0.1) is 21.4 Å². The van der Waals surface area contributed by atoms with Gasteiger partial charge in [0.05, 0.1) is 34.4 Å².